The first-order chi connectivity index (χ1) is 24.2. The fraction of sp³-hybridized carbons (Fsp3) is 0.622. The number of halogens is 1. The Morgan fingerprint density at radius 2 is 1.53 bits per heavy atom. The van der Waals surface area contributed by atoms with Crippen LogP contribution in [0.5, 0.6) is 0 Å². The number of hydrogen-bond donors (Lipinski definition) is 0. The van der Waals surface area contributed by atoms with Crippen molar-refractivity contribution in [2.75, 3.05) is 20.3 Å². The van der Waals surface area contributed by atoms with E-state index < -0.39 is 86.7 Å². The molecule has 3 aliphatic rings. The highest BCUT2D eigenvalue weighted by Crippen LogP contribution is 2.43. The Morgan fingerprint density at radius 3 is 2.14 bits per heavy atom. The maximum absolute atomic E-state index is 12.6. The molecule has 0 amide bonds. The summed E-state index contributed by atoms with van der Waals surface area (Å²) in [6.07, 6.45) is -8.01. The predicted molar refractivity (Wildman–Crippen MR) is 191 cm³/mol. The number of benzene rings is 2. The predicted octanol–water partition coefficient (Wildman–Crippen LogP) is 5.82. The van der Waals surface area contributed by atoms with Gasteiger partial charge in [-0.3, -0.25) is 9.59 Å². The number of rotatable bonds is 12. The van der Waals surface area contributed by atoms with Gasteiger partial charge in [-0.15, -0.1) is 0 Å². The maximum Gasteiger partial charge on any atom is 0.303 e. The Kier molecular flexibility index (Phi) is 13.5. The molecular formula is C37H51BrO12Si. The van der Waals surface area contributed by atoms with Crippen LogP contribution in [0.1, 0.15) is 52.0 Å². The quantitative estimate of drug-likeness (QED) is 0.146. The first kappa shape index (κ1) is 40.0. The van der Waals surface area contributed by atoms with Gasteiger partial charge in [-0.1, -0.05) is 97.4 Å². The number of hydrogen-bond acceptors (Lipinski definition) is 12. The van der Waals surface area contributed by atoms with Gasteiger partial charge in [0.25, 0.3) is 0 Å². The van der Waals surface area contributed by atoms with E-state index in [0.717, 1.165) is 11.1 Å². The standard InChI is InChI=1S/C37H51BrO12Si/c1-22(39)42-20-27-30(50-51(7,8)37(3,4)5)31(45-23(2)40)28(38)35(46-27)49-32-29-26(21-44-34(48-29)25-17-13-10-14-18-25)47-36(41-6)33(32)43-19-24-15-11-9-12-16-24/h9-18,26-36H,19-21H2,1-8H3/t26-,27-,28-,29-,30-,31-,32+,33-,34?,35+,36+/m1/s1. The summed E-state index contributed by atoms with van der Waals surface area (Å²) in [5.41, 5.74) is 1.78. The van der Waals surface area contributed by atoms with Crippen molar-refractivity contribution in [1.82, 2.24) is 0 Å². The van der Waals surface area contributed by atoms with Crippen LogP contribution in [0.4, 0.5) is 0 Å². The molecule has 12 nitrogen and oxygen atoms in total. The van der Waals surface area contributed by atoms with Crippen molar-refractivity contribution >= 4 is 36.2 Å². The first-order valence-electron chi connectivity index (χ1n) is 17.3. The molecule has 2 aromatic carbocycles. The third-order valence-electron chi connectivity index (χ3n) is 9.73. The van der Waals surface area contributed by atoms with Crippen LogP contribution >= 0.6 is 15.9 Å². The minimum atomic E-state index is -2.47. The van der Waals surface area contributed by atoms with E-state index in [9.17, 15) is 9.59 Å². The van der Waals surface area contributed by atoms with Gasteiger partial charge in [0.05, 0.1) is 13.2 Å². The molecule has 2 aromatic rings. The van der Waals surface area contributed by atoms with Gasteiger partial charge < -0.3 is 47.1 Å². The summed E-state index contributed by atoms with van der Waals surface area (Å²) < 4.78 is 63.3. The van der Waals surface area contributed by atoms with Crippen LogP contribution in [0.3, 0.4) is 0 Å². The lowest BCUT2D eigenvalue weighted by molar-refractivity contribution is -0.386. The Morgan fingerprint density at radius 1 is 0.863 bits per heavy atom. The second-order valence-electron chi connectivity index (χ2n) is 14.5. The molecule has 0 radical (unpaired) electrons. The molecule has 5 rings (SSSR count). The highest BCUT2D eigenvalue weighted by molar-refractivity contribution is 9.09. The van der Waals surface area contributed by atoms with Gasteiger partial charge in [0.1, 0.15) is 54.2 Å². The smallest absolute Gasteiger partial charge is 0.303 e. The topological polar surface area (TPSA) is 126 Å². The number of fused-ring (bicyclic) bond motifs is 1. The summed E-state index contributed by atoms with van der Waals surface area (Å²) in [7, 11) is -0.930. The summed E-state index contributed by atoms with van der Waals surface area (Å²) >= 11 is 3.78. The van der Waals surface area contributed by atoms with Crippen LogP contribution in [-0.4, -0.2) is 101 Å². The molecule has 0 saturated carbocycles. The van der Waals surface area contributed by atoms with Crippen LogP contribution in [0.2, 0.25) is 18.1 Å². The molecule has 0 aromatic heterocycles. The zero-order chi connectivity index (χ0) is 36.9. The third-order valence-corrected chi connectivity index (χ3v) is 15.2. The second-order valence-corrected chi connectivity index (χ2v) is 20.3. The Bertz CT molecular complexity index is 1420. The Balaban J connectivity index is 1.50. The summed E-state index contributed by atoms with van der Waals surface area (Å²) in [5.74, 6) is -0.993. The molecule has 0 N–H and O–H groups in total. The number of ether oxygens (including phenoxy) is 9. The fourth-order valence-corrected chi connectivity index (χ4v) is 8.04. The number of carbonyl (C=O) groups excluding carboxylic acids is 2. The van der Waals surface area contributed by atoms with Gasteiger partial charge in [-0.05, 0) is 23.7 Å². The monoisotopic (exact) mass is 794 g/mol. The van der Waals surface area contributed by atoms with Gasteiger partial charge in [0.15, 0.2) is 27.2 Å². The number of carbonyl (C=O) groups is 2. The van der Waals surface area contributed by atoms with E-state index in [1.807, 2.05) is 60.7 Å². The zero-order valence-corrected chi connectivity index (χ0v) is 33.1. The minimum Gasteiger partial charge on any atom is -0.463 e. The molecule has 3 heterocycles. The molecule has 1 unspecified atom stereocenters. The van der Waals surface area contributed by atoms with Crippen LogP contribution in [0.25, 0.3) is 0 Å². The SMILES string of the molecule is CO[C@H]1O[C@@H]2COC(c3ccccc3)O[C@H]2[C@H](O[C@@H]2O[C@H](COC(C)=O)[C@@H](O[Si](C)(C)C(C)(C)C)[C@H](OC(C)=O)[C@H]2Br)[C@H]1OCc1ccccc1. The van der Waals surface area contributed by atoms with E-state index in [1.165, 1.54) is 21.0 Å². The van der Waals surface area contributed by atoms with Crippen LogP contribution < -0.4 is 0 Å². The van der Waals surface area contributed by atoms with Gasteiger partial charge >= 0.3 is 11.9 Å². The summed E-state index contributed by atoms with van der Waals surface area (Å²) in [6.45, 7) is 13.5. The van der Waals surface area contributed by atoms with Gasteiger partial charge in [0, 0.05) is 26.5 Å². The molecular weight excluding hydrogens is 744 g/mol. The zero-order valence-electron chi connectivity index (χ0n) is 30.5. The van der Waals surface area contributed by atoms with Crippen molar-refractivity contribution in [3.05, 3.63) is 71.8 Å². The van der Waals surface area contributed by atoms with E-state index in [0.29, 0.717) is 0 Å². The summed E-state index contributed by atoms with van der Waals surface area (Å²) in [5, 5.41) is -0.180. The van der Waals surface area contributed by atoms with Crippen molar-refractivity contribution in [1.29, 1.82) is 0 Å². The van der Waals surface area contributed by atoms with Crippen molar-refractivity contribution < 1.29 is 56.6 Å². The van der Waals surface area contributed by atoms with E-state index in [-0.39, 0.29) is 24.9 Å². The van der Waals surface area contributed by atoms with E-state index in [4.69, 9.17) is 47.1 Å². The highest BCUT2D eigenvalue weighted by Gasteiger charge is 2.57. The minimum absolute atomic E-state index is 0.152. The fourth-order valence-electron chi connectivity index (χ4n) is 6.07. The van der Waals surface area contributed by atoms with Crippen molar-refractivity contribution in [2.24, 2.45) is 0 Å². The lowest BCUT2D eigenvalue weighted by Gasteiger charge is -2.52. The number of alkyl halides is 1. The molecule has 0 aliphatic carbocycles. The highest BCUT2D eigenvalue weighted by atomic mass is 79.9. The van der Waals surface area contributed by atoms with E-state index >= 15 is 0 Å². The molecule has 51 heavy (non-hydrogen) atoms. The molecule has 282 valence electrons. The molecule has 0 bridgehead atoms. The molecule has 3 aliphatic heterocycles. The van der Waals surface area contributed by atoms with Crippen LogP contribution in [-0.2, 0) is 63.3 Å². The summed E-state index contributed by atoms with van der Waals surface area (Å²) in [6, 6.07) is 19.3. The van der Waals surface area contributed by atoms with Crippen molar-refractivity contribution in [3.8, 4) is 0 Å². The molecule has 0 spiro atoms. The number of esters is 2. The normalized spacial score (nSPS) is 32.8. The average Bonchev–Trinajstić information content (AvgIpc) is 3.09. The molecule has 11 atom stereocenters. The Labute approximate surface area is 309 Å². The average molecular weight is 796 g/mol. The first-order valence-corrected chi connectivity index (χ1v) is 21.1. The molecule has 3 saturated heterocycles. The number of methoxy groups -OCH3 is 1. The van der Waals surface area contributed by atoms with Crippen molar-refractivity contribution in [2.45, 2.75) is 126 Å². The Hall–Kier alpha value is -2.24. The van der Waals surface area contributed by atoms with Gasteiger partial charge in [0.2, 0.25) is 0 Å². The summed E-state index contributed by atoms with van der Waals surface area (Å²) in [4.78, 5) is 23.9. The van der Waals surface area contributed by atoms with E-state index in [1.54, 1.807) is 0 Å². The lowest BCUT2D eigenvalue weighted by Crippen LogP contribution is -2.67. The van der Waals surface area contributed by atoms with Crippen LogP contribution in [0, 0.1) is 0 Å². The van der Waals surface area contributed by atoms with Crippen molar-refractivity contribution in [3.63, 3.8) is 0 Å². The van der Waals surface area contributed by atoms with E-state index in [2.05, 4.69) is 49.8 Å². The van der Waals surface area contributed by atoms with Gasteiger partial charge in [-0.25, -0.2) is 0 Å². The molecule has 3 fully saturated rings. The van der Waals surface area contributed by atoms with Crippen LogP contribution in [0.15, 0.2) is 60.7 Å². The lowest BCUT2D eigenvalue weighted by atomic mass is 9.96. The largest absolute Gasteiger partial charge is 0.463 e. The third kappa shape index (κ3) is 9.85. The second kappa shape index (κ2) is 17.3. The molecule has 14 heteroatoms. The maximum atomic E-state index is 12.6. The van der Waals surface area contributed by atoms with Gasteiger partial charge in [-0.2, -0.15) is 0 Å².